The van der Waals surface area contributed by atoms with Gasteiger partial charge >= 0.3 is 0 Å². The van der Waals surface area contributed by atoms with Crippen molar-refractivity contribution in [2.75, 3.05) is 6.61 Å². The van der Waals surface area contributed by atoms with Gasteiger partial charge in [0.05, 0.1) is 18.2 Å². The highest BCUT2D eigenvalue weighted by Crippen LogP contribution is 2.36. The van der Waals surface area contributed by atoms with Crippen molar-refractivity contribution in [3.8, 4) is 23.6 Å². The summed E-state index contributed by atoms with van der Waals surface area (Å²) in [6.07, 6.45) is 3.91. The van der Waals surface area contributed by atoms with Crippen LogP contribution < -0.4 is 9.47 Å². The number of nitriles is 1. The third-order valence-electron chi connectivity index (χ3n) is 3.53. The van der Waals surface area contributed by atoms with E-state index in [4.69, 9.17) is 26.3 Å². The smallest absolute Gasteiger partial charge is 0.230 e. The van der Waals surface area contributed by atoms with Crippen molar-refractivity contribution in [2.24, 2.45) is 0 Å². The van der Waals surface area contributed by atoms with E-state index in [0.717, 1.165) is 28.0 Å². The third-order valence-corrected chi connectivity index (χ3v) is 3.70. The van der Waals surface area contributed by atoms with E-state index in [-0.39, 0.29) is 5.28 Å². The zero-order valence-corrected chi connectivity index (χ0v) is 13.5. The monoisotopic (exact) mass is 327 g/mol. The van der Waals surface area contributed by atoms with Gasteiger partial charge in [0.25, 0.3) is 0 Å². The second-order valence-electron chi connectivity index (χ2n) is 5.23. The predicted molar refractivity (Wildman–Crippen MR) is 86.9 cm³/mol. The van der Waals surface area contributed by atoms with Gasteiger partial charge in [-0.1, -0.05) is 0 Å². The number of hydrogen-bond acceptors (Lipinski definition) is 5. The number of hydrogen-bond donors (Lipinski definition) is 0. The second-order valence-corrected chi connectivity index (χ2v) is 5.57. The van der Waals surface area contributed by atoms with E-state index in [1.807, 2.05) is 32.0 Å². The summed E-state index contributed by atoms with van der Waals surface area (Å²) >= 11 is 5.93. The maximum atomic E-state index is 8.63. The molecule has 5 nitrogen and oxygen atoms in total. The molecular weight excluding hydrogens is 314 g/mol. The fraction of sp³-hybridized carbons (Fsp3) is 0.235. The number of halogens is 1. The third kappa shape index (κ3) is 3.13. The minimum atomic E-state index is 0.101. The van der Waals surface area contributed by atoms with Crippen LogP contribution >= 0.6 is 11.6 Å². The molecule has 0 bridgehead atoms. The van der Waals surface area contributed by atoms with Gasteiger partial charge in [0, 0.05) is 12.5 Å². The molecule has 0 saturated heterocycles. The van der Waals surface area contributed by atoms with Gasteiger partial charge in [-0.25, -0.2) is 0 Å². The first kappa shape index (κ1) is 15.3. The van der Waals surface area contributed by atoms with Crippen molar-refractivity contribution in [1.82, 2.24) is 9.97 Å². The van der Waals surface area contributed by atoms with Gasteiger partial charge in [0.2, 0.25) is 17.0 Å². The van der Waals surface area contributed by atoms with Crippen molar-refractivity contribution in [3.05, 3.63) is 45.7 Å². The highest BCUT2D eigenvalue weighted by Gasteiger charge is 2.23. The summed E-state index contributed by atoms with van der Waals surface area (Å²) in [5.41, 5.74) is 3.68. The van der Waals surface area contributed by atoms with Crippen molar-refractivity contribution in [2.45, 2.75) is 20.3 Å². The van der Waals surface area contributed by atoms with Crippen LogP contribution in [0.3, 0.4) is 0 Å². The number of nitrogens with zero attached hydrogens (tertiary/aromatic N) is 3. The molecule has 1 aromatic heterocycles. The molecule has 23 heavy (non-hydrogen) atoms. The van der Waals surface area contributed by atoms with Crippen LogP contribution in [-0.4, -0.2) is 16.6 Å². The summed E-state index contributed by atoms with van der Waals surface area (Å²) in [6, 6.07) is 5.89. The molecule has 3 rings (SSSR count). The molecule has 0 saturated carbocycles. The van der Waals surface area contributed by atoms with Gasteiger partial charge in [-0.05, 0) is 60.3 Å². The molecule has 6 heteroatoms. The molecule has 116 valence electrons. The molecule has 0 radical (unpaired) electrons. The average molecular weight is 328 g/mol. The number of aryl methyl sites for hydroxylation is 2. The lowest BCUT2D eigenvalue weighted by molar-refractivity contribution is 0.344. The van der Waals surface area contributed by atoms with Gasteiger partial charge < -0.3 is 9.47 Å². The van der Waals surface area contributed by atoms with E-state index < -0.39 is 0 Å². The molecule has 1 aliphatic heterocycles. The van der Waals surface area contributed by atoms with Gasteiger partial charge in [0.1, 0.15) is 5.75 Å². The molecule has 0 amide bonds. The number of benzene rings is 1. The molecular formula is C17H14ClN3O2. The Morgan fingerprint density at radius 1 is 1.30 bits per heavy atom. The average Bonchev–Trinajstić information content (AvgIpc) is 2.96. The summed E-state index contributed by atoms with van der Waals surface area (Å²) in [6.45, 7) is 4.45. The SMILES string of the molecule is Cc1cc(/C=C/C#N)cc(C)c1Oc1nc(Cl)nc2c1CCO2. The van der Waals surface area contributed by atoms with Crippen LogP contribution in [0.4, 0.5) is 0 Å². The van der Waals surface area contributed by atoms with Crippen LogP contribution in [0.25, 0.3) is 6.08 Å². The van der Waals surface area contributed by atoms with Crippen molar-refractivity contribution < 1.29 is 9.47 Å². The molecule has 0 fully saturated rings. The van der Waals surface area contributed by atoms with E-state index in [1.165, 1.54) is 6.08 Å². The Hall–Kier alpha value is -2.58. The summed E-state index contributed by atoms with van der Waals surface area (Å²) < 4.78 is 11.4. The molecule has 0 atom stereocenters. The van der Waals surface area contributed by atoms with Crippen molar-refractivity contribution in [3.63, 3.8) is 0 Å². The summed E-state index contributed by atoms with van der Waals surface area (Å²) in [4.78, 5) is 8.25. The van der Waals surface area contributed by atoms with Crippen molar-refractivity contribution in [1.29, 1.82) is 5.26 Å². The Morgan fingerprint density at radius 3 is 2.74 bits per heavy atom. The molecule has 0 N–H and O–H groups in total. The first-order valence-electron chi connectivity index (χ1n) is 7.13. The molecule has 2 aromatic rings. The number of ether oxygens (including phenoxy) is 2. The molecule has 2 heterocycles. The fourth-order valence-electron chi connectivity index (χ4n) is 2.56. The summed E-state index contributed by atoms with van der Waals surface area (Å²) in [5, 5.41) is 8.73. The minimum absolute atomic E-state index is 0.101. The highest BCUT2D eigenvalue weighted by atomic mass is 35.5. The van der Waals surface area contributed by atoms with E-state index in [1.54, 1.807) is 6.08 Å². The van der Waals surface area contributed by atoms with E-state index in [9.17, 15) is 0 Å². The Balaban J connectivity index is 1.99. The van der Waals surface area contributed by atoms with Crippen LogP contribution in [0.5, 0.6) is 17.5 Å². The zero-order valence-electron chi connectivity index (χ0n) is 12.8. The second kappa shape index (κ2) is 6.27. The molecule has 0 aliphatic carbocycles. The van der Waals surface area contributed by atoms with Crippen LogP contribution in [0.15, 0.2) is 18.2 Å². The number of aromatic nitrogens is 2. The van der Waals surface area contributed by atoms with Gasteiger partial charge in [-0.15, -0.1) is 0 Å². The highest BCUT2D eigenvalue weighted by molar-refractivity contribution is 6.28. The Kier molecular flexibility index (Phi) is 4.18. The van der Waals surface area contributed by atoms with Crippen LogP contribution in [-0.2, 0) is 6.42 Å². The fourth-order valence-corrected chi connectivity index (χ4v) is 2.71. The Morgan fingerprint density at radius 2 is 2.04 bits per heavy atom. The lowest BCUT2D eigenvalue weighted by Gasteiger charge is -2.14. The van der Waals surface area contributed by atoms with Gasteiger partial charge in [0.15, 0.2) is 0 Å². The quantitative estimate of drug-likeness (QED) is 0.629. The standard InChI is InChI=1S/C17H14ClN3O2/c1-10-8-12(4-3-6-19)9-11(2)14(10)23-16-13-5-7-22-15(13)20-17(18)21-16/h3-4,8-9H,5,7H2,1-2H3/b4-3+. The van der Waals surface area contributed by atoms with Gasteiger partial charge in [-0.2, -0.15) is 15.2 Å². The summed E-state index contributed by atoms with van der Waals surface area (Å²) in [5.74, 6) is 1.65. The van der Waals surface area contributed by atoms with Crippen LogP contribution in [0.1, 0.15) is 22.3 Å². The molecule has 1 aromatic carbocycles. The predicted octanol–water partition coefficient (Wildman–Crippen LogP) is 4.01. The van der Waals surface area contributed by atoms with Gasteiger partial charge in [-0.3, -0.25) is 0 Å². The first-order chi connectivity index (χ1) is 11.1. The Bertz CT molecular complexity index is 817. The molecule has 0 unspecified atom stereocenters. The summed E-state index contributed by atoms with van der Waals surface area (Å²) in [7, 11) is 0. The topological polar surface area (TPSA) is 68.0 Å². The first-order valence-corrected chi connectivity index (χ1v) is 7.50. The Labute approximate surface area is 139 Å². The van der Waals surface area contributed by atoms with E-state index >= 15 is 0 Å². The maximum absolute atomic E-state index is 8.63. The number of rotatable bonds is 3. The van der Waals surface area contributed by atoms with Crippen molar-refractivity contribution >= 4 is 17.7 Å². The largest absolute Gasteiger partial charge is 0.477 e. The minimum Gasteiger partial charge on any atom is -0.477 e. The lowest BCUT2D eigenvalue weighted by atomic mass is 10.1. The zero-order chi connectivity index (χ0) is 16.4. The molecule has 0 spiro atoms. The number of fused-ring (bicyclic) bond motifs is 1. The van der Waals surface area contributed by atoms with Crippen LogP contribution in [0.2, 0.25) is 5.28 Å². The van der Waals surface area contributed by atoms with Crippen LogP contribution in [0, 0.1) is 25.2 Å². The van der Waals surface area contributed by atoms with E-state index in [0.29, 0.717) is 24.8 Å². The maximum Gasteiger partial charge on any atom is 0.230 e. The number of allylic oxidation sites excluding steroid dienone is 1. The van der Waals surface area contributed by atoms with E-state index in [2.05, 4.69) is 9.97 Å². The molecule has 1 aliphatic rings. The lowest BCUT2D eigenvalue weighted by Crippen LogP contribution is -1.98. The normalized spacial score (nSPS) is 12.8.